The maximum Gasteiger partial charge on any atom is 0.407 e. The van der Waals surface area contributed by atoms with Crippen molar-refractivity contribution in [2.24, 2.45) is 0 Å². The van der Waals surface area contributed by atoms with Crippen LogP contribution in [0.1, 0.15) is 57.0 Å². The van der Waals surface area contributed by atoms with E-state index in [1.54, 1.807) is 0 Å². The van der Waals surface area contributed by atoms with Gasteiger partial charge < -0.3 is 25.4 Å². The molecular weight excluding hydrogens is 437 g/mol. The molecule has 1 aliphatic heterocycles. The summed E-state index contributed by atoms with van der Waals surface area (Å²) in [5.41, 5.74) is 3.16. The summed E-state index contributed by atoms with van der Waals surface area (Å²) in [5.74, 6) is 0.704. The first-order valence-electron chi connectivity index (χ1n) is 11.6. The van der Waals surface area contributed by atoms with Crippen LogP contribution in [0.15, 0.2) is 18.2 Å². The summed E-state index contributed by atoms with van der Waals surface area (Å²) in [6, 6.07) is 3.65. The van der Waals surface area contributed by atoms with Gasteiger partial charge in [0, 0.05) is 37.0 Å². The number of allylic oxidation sites excluding steroid dienone is 1. The van der Waals surface area contributed by atoms with Gasteiger partial charge in [0.1, 0.15) is 11.4 Å². The average molecular weight is 470 g/mol. The number of carbonyl (C=O) groups is 1. The highest BCUT2D eigenvalue weighted by Crippen LogP contribution is 2.41. The summed E-state index contributed by atoms with van der Waals surface area (Å²) in [7, 11) is 1.82. The van der Waals surface area contributed by atoms with Gasteiger partial charge in [-0.05, 0) is 58.6 Å². The highest BCUT2D eigenvalue weighted by molar-refractivity contribution is 5.77. The van der Waals surface area contributed by atoms with Crippen molar-refractivity contribution in [1.82, 2.24) is 15.3 Å². The van der Waals surface area contributed by atoms with Gasteiger partial charge in [-0.25, -0.2) is 19.2 Å². The second kappa shape index (κ2) is 9.48. The van der Waals surface area contributed by atoms with Crippen molar-refractivity contribution in [3.05, 3.63) is 41.0 Å². The number of aromatic nitrogens is 2. The summed E-state index contributed by atoms with van der Waals surface area (Å²) < 4.78 is 26.9. The first kappa shape index (κ1) is 23.8. The Morgan fingerprint density at radius 1 is 1.24 bits per heavy atom. The van der Waals surface area contributed by atoms with Gasteiger partial charge in [-0.2, -0.15) is 0 Å². The van der Waals surface area contributed by atoms with Gasteiger partial charge in [0.25, 0.3) is 0 Å². The number of amides is 1. The lowest BCUT2D eigenvalue weighted by molar-refractivity contribution is 0.0502. The van der Waals surface area contributed by atoms with Crippen molar-refractivity contribution in [2.45, 2.75) is 65.0 Å². The van der Waals surface area contributed by atoms with E-state index in [0.29, 0.717) is 49.4 Å². The Bertz CT molecular complexity index is 1130. The number of hydrogen-bond acceptors (Lipinski definition) is 7. The summed E-state index contributed by atoms with van der Waals surface area (Å²) in [5, 5.41) is 9.05. The Hall–Kier alpha value is -3.36. The number of rotatable bonds is 5. The molecule has 9 heteroatoms. The number of nitrogens with zero attached hydrogens (tertiary/aromatic N) is 2. The summed E-state index contributed by atoms with van der Waals surface area (Å²) in [6.45, 7) is 7.84. The Morgan fingerprint density at radius 3 is 2.71 bits per heavy atom. The predicted molar refractivity (Wildman–Crippen MR) is 130 cm³/mol. The molecule has 2 aromatic heterocycles. The Balaban J connectivity index is 1.58. The van der Waals surface area contributed by atoms with E-state index < -0.39 is 17.5 Å². The van der Waals surface area contributed by atoms with Crippen LogP contribution in [0.25, 0.3) is 5.57 Å². The molecule has 4 rings (SSSR count). The smallest absolute Gasteiger partial charge is 0.407 e. The standard InChI is InChI=1S/C25H32FN5O3/c1-14-12-17(27-5)13-19(28-14)31-23-21(26)20(22-18(30-23)10-11-33-22)15-6-8-16(9-7-15)29-24(32)34-25(2,3)4/h6,12-13,16H,7-11H2,1-5H3,(H,29,32)(H2,27,28,30,31)/t16-/m1/s1. The Labute approximate surface area is 199 Å². The van der Waals surface area contributed by atoms with E-state index >= 15 is 4.39 Å². The fourth-order valence-electron chi connectivity index (χ4n) is 4.21. The van der Waals surface area contributed by atoms with Gasteiger partial charge in [0.15, 0.2) is 17.4 Å². The van der Waals surface area contributed by atoms with Crippen LogP contribution in [0.4, 0.5) is 26.5 Å². The zero-order valence-electron chi connectivity index (χ0n) is 20.3. The van der Waals surface area contributed by atoms with Gasteiger partial charge in [0.2, 0.25) is 0 Å². The fourth-order valence-corrected chi connectivity index (χ4v) is 4.21. The van der Waals surface area contributed by atoms with Crippen molar-refractivity contribution < 1.29 is 18.7 Å². The van der Waals surface area contributed by atoms with Crippen molar-refractivity contribution in [1.29, 1.82) is 0 Å². The molecule has 8 nitrogen and oxygen atoms in total. The van der Waals surface area contributed by atoms with Crippen LogP contribution < -0.4 is 20.7 Å². The van der Waals surface area contributed by atoms with Crippen molar-refractivity contribution >= 4 is 29.0 Å². The van der Waals surface area contributed by atoms with Gasteiger partial charge in [-0.15, -0.1) is 0 Å². The molecule has 3 N–H and O–H groups in total. The molecule has 0 fully saturated rings. The molecule has 0 radical (unpaired) electrons. The van der Waals surface area contributed by atoms with E-state index in [0.717, 1.165) is 22.6 Å². The Kier molecular flexibility index (Phi) is 6.63. The molecule has 0 bridgehead atoms. The van der Waals surface area contributed by atoms with Crippen molar-refractivity contribution in [3.63, 3.8) is 0 Å². The van der Waals surface area contributed by atoms with Crippen LogP contribution in [0.3, 0.4) is 0 Å². The molecule has 0 saturated heterocycles. The predicted octanol–water partition coefficient (Wildman–Crippen LogP) is 5.10. The lowest BCUT2D eigenvalue weighted by atomic mass is 9.90. The van der Waals surface area contributed by atoms with E-state index in [4.69, 9.17) is 9.47 Å². The second-order valence-electron chi connectivity index (χ2n) is 9.63. The molecular formula is C25H32FN5O3. The number of alkyl carbamates (subject to hydrolysis) is 1. The van der Waals surface area contributed by atoms with Crippen LogP contribution >= 0.6 is 0 Å². The number of aryl methyl sites for hydroxylation is 1. The van der Waals surface area contributed by atoms with E-state index in [1.165, 1.54) is 0 Å². The molecule has 1 amide bonds. The zero-order valence-corrected chi connectivity index (χ0v) is 20.3. The summed E-state index contributed by atoms with van der Waals surface area (Å²) in [4.78, 5) is 21.1. The molecule has 2 aromatic rings. The van der Waals surface area contributed by atoms with E-state index in [-0.39, 0.29) is 11.9 Å². The molecule has 0 saturated carbocycles. The fraction of sp³-hybridized carbons (Fsp3) is 0.480. The van der Waals surface area contributed by atoms with Crippen molar-refractivity contribution in [3.8, 4) is 5.75 Å². The van der Waals surface area contributed by atoms with Crippen LogP contribution in [0.2, 0.25) is 0 Å². The molecule has 1 atom stereocenters. The second-order valence-corrected chi connectivity index (χ2v) is 9.63. The zero-order chi connectivity index (χ0) is 24.5. The number of carbonyl (C=O) groups excluding carboxylic acids is 1. The van der Waals surface area contributed by atoms with Crippen LogP contribution in [-0.4, -0.2) is 41.4 Å². The Morgan fingerprint density at radius 2 is 2.03 bits per heavy atom. The number of hydrogen-bond donors (Lipinski definition) is 3. The maximum absolute atomic E-state index is 15.8. The van der Waals surface area contributed by atoms with Gasteiger partial charge >= 0.3 is 6.09 Å². The molecule has 0 unspecified atom stereocenters. The van der Waals surface area contributed by atoms with E-state index in [2.05, 4.69) is 25.9 Å². The van der Waals surface area contributed by atoms with Gasteiger partial charge in [-0.3, -0.25) is 0 Å². The first-order chi connectivity index (χ1) is 16.1. The van der Waals surface area contributed by atoms with E-state index in [1.807, 2.05) is 53.0 Å². The molecule has 1 aliphatic carbocycles. The van der Waals surface area contributed by atoms with Gasteiger partial charge in [-0.1, -0.05) is 6.08 Å². The third-order valence-electron chi connectivity index (χ3n) is 5.69. The third-order valence-corrected chi connectivity index (χ3v) is 5.69. The van der Waals surface area contributed by atoms with Crippen LogP contribution in [0, 0.1) is 12.7 Å². The normalized spacial score (nSPS) is 17.4. The number of ether oxygens (including phenoxy) is 2. The minimum atomic E-state index is -0.554. The first-order valence-corrected chi connectivity index (χ1v) is 11.6. The number of halogens is 1. The topological polar surface area (TPSA) is 97.4 Å². The van der Waals surface area contributed by atoms with Crippen LogP contribution in [-0.2, 0) is 11.2 Å². The number of anilines is 3. The minimum absolute atomic E-state index is 0.0634. The van der Waals surface area contributed by atoms with Crippen molar-refractivity contribution in [2.75, 3.05) is 24.3 Å². The maximum atomic E-state index is 15.8. The quantitative estimate of drug-likeness (QED) is 0.560. The van der Waals surface area contributed by atoms with Crippen LogP contribution in [0.5, 0.6) is 5.75 Å². The lowest BCUT2D eigenvalue weighted by Crippen LogP contribution is -2.39. The largest absolute Gasteiger partial charge is 0.491 e. The molecule has 0 aromatic carbocycles. The SMILES string of the molecule is CNc1cc(C)nc(Nc2nc3c(c(C4=CC[C@@H](NC(=O)OC(C)(C)C)CC4)c2F)OCC3)c1. The molecule has 2 aliphatic rings. The number of fused-ring (bicyclic) bond motifs is 1. The molecule has 182 valence electrons. The monoisotopic (exact) mass is 469 g/mol. The summed E-state index contributed by atoms with van der Waals surface area (Å²) in [6.07, 6.45) is 4.01. The number of nitrogens with one attached hydrogen (secondary N) is 3. The minimum Gasteiger partial charge on any atom is -0.491 e. The van der Waals surface area contributed by atoms with Gasteiger partial charge in [0.05, 0.1) is 17.9 Å². The highest BCUT2D eigenvalue weighted by Gasteiger charge is 2.29. The molecule has 34 heavy (non-hydrogen) atoms. The van der Waals surface area contributed by atoms with E-state index in [9.17, 15) is 4.79 Å². The average Bonchev–Trinajstić information content (AvgIpc) is 3.21. The molecule has 0 spiro atoms. The summed E-state index contributed by atoms with van der Waals surface area (Å²) >= 11 is 0. The molecule has 3 heterocycles. The lowest BCUT2D eigenvalue weighted by Gasteiger charge is -2.26. The third kappa shape index (κ3) is 5.40. The number of pyridine rings is 2. The highest BCUT2D eigenvalue weighted by atomic mass is 19.1.